The minimum absolute atomic E-state index is 0.166. The van der Waals surface area contributed by atoms with Gasteiger partial charge in [-0.1, -0.05) is 37.3 Å². The summed E-state index contributed by atoms with van der Waals surface area (Å²) in [4.78, 5) is 4.21. The van der Waals surface area contributed by atoms with Crippen LogP contribution in [0.1, 0.15) is 31.2 Å². The smallest absolute Gasteiger partial charge is 0.260 e. The summed E-state index contributed by atoms with van der Waals surface area (Å²) in [5.41, 5.74) is 1.32. The molecule has 1 fully saturated rings. The first kappa shape index (κ1) is 18.3. The van der Waals surface area contributed by atoms with Crippen molar-refractivity contribution in [3.05, 3.63) is 35.9 Å². The number of benzene rings is 1. The van der Waals surface area contributed by atoms with Gasteiger partial charge in [-0.2, -0.15) is 0 Å². The van der Waals surface area contributed by atoms with Gasteiger partial charge in [0.15, 0.2) is 0 Å². The second kappa shape index (κ2) is 8.71. The molecule has 0 bridgehead atoms. The fourth-order valence-corrected chi connectivity index (χ4v) is 3.15. The van der Waals surface area contributed by atoms with Gasteiger partial charge >= 0.3 is 0 Å². The third kappa shape index (κ3) is 6.16. The molecule has 1 atom stereocenters. The molecule has 1 heterocycles. The highest BCUT2D eigenvalue weighted by Gasteiger charge is 2.32. The van der Waals surface area contributed by atoms with Crippen LogP contribution in [0.5, 0.6) is 0 Å². The summed E-state index contributed by atoms with van der Waals surface area (Å²) >= 11 is 0. The number of piperazine rings is 1. The van der Waals surface area contributed by atoms with Gasteiger partial charge in [-0.15, -0.1) is 0 Å². The molecule has 130 valence electrons. The highest BCUT2D eigenvalue weighted by Crippen LogP contribution is 2.23. The second-order valence-corrected chi connectivity index (χ2v) is 6.57. The third-order valence-electron chi connectivity index (χ3n) is 4.52. The number of hydrogen-bond donors (Lipinski definition) is 1. The quantitative estimate of drug-likeness (QED) is 0.796. The number of alkyl halides is 2. The lowest BCUT2D eigenvalue weighted by atomic mass is 10.0. The number of halogens is 2. The van der Waals surface area contributed by atoms with Crippen molar-refractivity contribution in [3.8, 4) is 0 Å². The van der Waals surface area contributed by atoms with E-state index in [2.05, 4.69) is 36.1 Å². The van der Waals surface area contributed by atoms with Gasteiger partial charge in [-0.05, 0) is 17.9 Å². The van der Waals surface area contributed by atoms with Gasteiger partial charge in [0.25, 0.3) is 5.92 Å². The van der Waals surface area contributed by atoms with E-state index in [0.29, 0.717) is 19.0 Å². The summed E-state index contributed by atoms with van der Waals surface area (Å²) in [5, 5.41) is 8.69. The van der Waals surface area contributed by atoms with Crippen LogP contribution in [0, 0.1) is 0 Å². The summed E-state index contributed by atoms with van der Waals surface area (Å²) in [6.45, 7) is 5.90. The zero-order valence-electron chi connectivity index (χ0n) is 13.9. The first-order valence-electron chi connectivity index (χ1n) is 8.48. The number of aliphatic hydroxyl groups is 1. The molecule has 0 saturated carbocycles. The minimum Gasteiger partial charge on any atom is -0.396 e. The van der Waals surface area contributed by atoms with Crippen LogP contribution in [-0.4, -0.2) is 66.7 Å². The Morgan fingerprint density at radius 2 is 1.70 bits per heavy atom. The van der Waals surface area contributed by atoms with E-state index in [1.54, 1.807) is 0 Å². The van der Waals surface area contributed by atoms with Crippen LogP contribution in [0.4, 0.5) is 8.78 Å². The van der Waals surface area contributed by atoms with Crippen molar-refractivity contribution in [2.75, 3.05) is 45.9 Å². The zero-order chi connectivity index (χ0) is 16.7. The zero-order valence-corrected chi connectivity index (χ0v) is 13.9. The van der Waals surface area contributed by atoms with E-state index in [4.69, 9.17) is 5.11 Å². The van der Waals surface area contributed by atoms with Crippen LogP contribution >= 0.6 is 0 Å². The SMILES string of the molecule is C[C@H](CN1CCN(CC(F)(F)CCCO)CC1)c1ccccc1. The average molecular weight is 326 g/mol. The van der Waals surface area contributed by atoms with E-state index in [-0.39, 0.29) is 26.0 Å². The van der Waals surface area contributed by atoms with Crippen molar-refractivity contribution >= 4 is 0 Å². The van der Waals surface area contributed by atoms with E-state index < -0.39 is 5.92 Å². The Bertz CT molecular complexity index is 448. The largest absolute Gasteiger partial charge is 0.396 e. The maximum atomic E-state index is 13.8. The van der Waals surface area contributed by atoms with Gasteiger partial charge in [0.2, 0.25) is 0 Å². The van der Waals surface area contributed by atoms with Crippen molar-refractivity contribution in [1.82, 2.24) is 9.80 Å². The molecule has 1 N–H and O–H groups in total. The van der Waals surface area contributed by atoms with Crippen molar-refractivity contribution in [2.45, 2.75) is 31.6 Å². The van der Waals surface area contributed by atoms with Gasteiger partial charge in [0, 0.05) is 45.8 Å². The molecule has 3 nitrogen and oxygen atoms in total. The van der Waals surface area contributed by atoms with Gasteiger partial charge < -0.3 is 10.0 Å². The molecule has 0 unspecified atom stereocenters. The predicted molar refractivity (Wildman–Crippen MR) is 89.0 cm³/mol. The number of nitrogens with zero attached hydrogens (tertiary/aromatic N) is 2. The Kier molecular flexibility index (Phi) is 6.93. The van der Waals surface area contributed by atoms with Crippen LogP contribution in [-0.2, 0) is 0 Å². The Hall–Kier alpha value is -1.04. The third-order valence-corrected chi connectivity index (χ3v) is 4.52. The van der Waals surface area contributed by atoms with Gasteiger partial charge in [0.1, 0.15) is 0 Å². The number of aliphatic hydroxyl groups excluding tert-OH is 1. The van der Waals surface area contributed by atoms with Gasteiger partial charge in [-0.25, -0.2) is 8.78 Å². The average Bonchev–Trinajstić information content (AvgIpc) is 2.55. The van der Waals surface area contributed by atoms with E-state index in [0.717, 1.165) is 19.6 Å². The number of hydrogen-bond acceptors (Lipinski definition) is 3. The second-order valence-electron chi connectivity index (χ2n) is 6.57. The molecule has 1 aromatic rings. The van der Waals surface area contributed by atoms with Crippen LogP contribution in [0.25, 0.3) is 0 Å². The van der Waals surface area contributed by atoms with E-state index in [1.165, 1.54) is 5.56 Å². The molecule has 1 saturated heterocycles. The van der Waals surface area contributed by atoms with E-state index in [9.17, 15) is 8.78 Å². The van der Waals surface area contributed by atoms with Crippen molar-refractivity contribution in [3.63, 3.8) is 0 Å². The lowest BCUT2D eigenvalue weighted by Crippen LogP contribution is -2.50. The molecule has 2 rings (SSSR count). The molecule has 0 aromatic heterocycles. The standard InChI is InChI=1S/C18H28F2N2O/c1-16(17-6-3-2-4-7-17)14-21-9-11-22(12-10-21)15-18(19,20)8-5-13-23/h2-4,6-7,16,23H,5,8-15H2,1H3/t16-/m1/s1. The summed E-state index contributed by atoms with van der Waals surface area (Å²) in [6.07, 6.45) is -0.0592. The molecule has 1 aromatic carbocycles. The highest BCUT2D eigenvalue weighted by molar-refractivity contribution is 5.19. The van der Waals surface area contributed by atoms with Crippen LogP contribution in [0.2, 0.25) is 0 Å². The van der Waals surface area contributed by atoms with E-state index in [1.807, 2.05) is 11.0 Å². The summed E-state index contributed by atoms with van der Waals surface area (Å²) < 4.78 is 27.5. The molecule has 0 amide bonds. The molecule has 0 spiro atoms. The fourth-order valence-electron chi connectivity index (χ4n) is 3.15. The van der Waals surface area contributed by atoms with Gasteiger partial charge in [0.05, 0.1) is 6.54 Å². The maximum Gasteiger partial charge on any atom is 0.260 e. The van der Waals surface area contributed by atoms with Crippen molar-refractivity contribution in [1.29, 1.82) is 0 Å². The Morgan fingerprint density at radius 1 is 1.09 bits per heavy atom. The van der Waals surface area contributed by atoms with Gasteiger partial charge in [-0.3, -0.25) is 4.90 Å². The van der Waals surface area contributed by atoms with Crippen LogP contribution in [0.15, 0.2) is 30.3 Å². The Balaban J connectivity index is 1.73. The molecule has 1 aliphatic heterocycles. The molecular weight excluding hydrogens is 298 g/mol. The van der Waals surface area contributed by atoms with Crippen LogP contribution < -0.4 is 0 Å². The monoisotopic (exact) mass is 326 g/mol. The van der Waals surface area contributed by atoms with E-state index >= 15 is 0 Å². The number of rotatable bonds is 8. The molecule has 1 aliphatic rings. The minimum atomic E-state index is -2.69. The summed E-state index contributed by atoms with van der Waals surface area (Å²) in [7, 11) is 0. The molecule has 0 radical (unpaired) electrons. The first-order valence-corrected chi connectivity index (χ1v) is 8.48. The maximum absolute atomic E-state index is 13.8. The molecule has 0 aliphatic carbocycles. The van der Waals surface area contributed by atoms with Crippen molar-refractivity contribution < 1.29 is 13.9 Å². The fraction of sp³-hybridized carbons (Fsp3) is 0.667. The normalized spacial score (nSPS) is 19.0. The lowest BCUT2D eigenvalue weighted by molar-refractivity contribution is -0.0517. The molecular formula is C18H28F2N2O. The predicted octanol–water partition coefficient (Wildman–Crippen LogP) is 2.82. The van der Waals surface area contributed by atoms with Crippen LogP contribution in [0.3, 0.4) is 0 Å². The lowest BCUT2D eigenvalue weighted by Gasteiger charge is -2.37. The summed E-state index contributed by atoms with van der Waals surface area (Å²) in [6, 6.07) is 10.4. The Morgan fingerprint density at radius 3 is 2.30 bits per heavy atom. The molecule has 23 heavy (non-hydrogen) atoms. The topological polar surface area (TPSA) is 26.7 Å². The Labute approximate surface area is 137 Å². The highest BCUT2D eigenvalue weighted by atomic mass is 19.3. The molecule has 5 heteroatoms. The summed E-state index contributed by atoms with van der Waals surface area (Å²) in [5.74, 6) is -2.24. The first-order chi connectivity index (χ1) is 11.0. The van der Waals surface area contributed by atoms with Crippen molar-refractivity contribution in [2.24, 2.45) is 0 Å².